The minimum atomic E-state index is 0.961. The van der Waals surface area contributed by atoms with Crippen LogP contribution in [-0.2, 0) is 0 Å². The van der Waals surface area contributed by atoms with Crippen molar-refractivity contribution in [1.29, 1.82) is 0 Å². The summed E-state index contributed by atoms with van der Waals surface area (Å²) in [5.41, 5.74) is 0. The van der Waals surface area contributed by atoms with E-state index in [1.807, 2.05) is 0 Å². The Morgan fingerprint density at radius 1 is 1.27 bits per heavy atom. The number of nitrogens with zero attached hydrogens (tertiary/aromatic N) is 1. The van der Waals surface area contributed by atoms with E-state index < -0.39 is 0 Å². The van der Waals surface area contributed by atoms with Crippen LogP contribution in [-0.4, -0.2) is 24.5 Å². The van der Waals surface area contributed by atoms with Gasteiger partial charge in [0.1, 0.15) is 0 Å². The van der Waals surface area contributed by atoms with E-state index in [2.05, 4.69) is 11.8 Å². The van der Waals surface area contributed by atoms with Crippen LogP contribution in [0.25, 0.3) is 0 Å². The van der Waals surface area contributed by atoms with E-state index in [4.69, 9.17) is 0 Å². The molecule has 0 N–H and O–H groups in total. The van der Waals surface area contributed by atoms with E-state index in [0.717, 1.165) is 11.8 Å². The van der Waals surface area contributed by atoms with Gasteiger partial charge in [-0.25, -0.2) is 0 Å². The first-order valence-electron chi connectivity index (χ1n) is 5.07. The fraction of sp³-hybridized carbons (Fsp3) is 1.00. The Balaban J connectivity index is 1.73. The summed E-state index contributed by atoms with van der Waals surface area (Å²) in [5.74, 6) is 2.04. The molecule has 0 spiro atoms. The van der Waals surface area contributed by atoms with E-state index >= 15 is 0 Å². The number of hydrogen-bond acceptors (Lipinski definition) is 1. The lowest BCUT2D eigenvalue weighted by atomic mass is 10.0. The van der Waals surface area contributed by atoms with Crippen molar-refractivity contribution in [2.75, 3.05) is 19.6 Å². The summed E-state index contributed by atoms with van der Waals surface area (Å²) in [6.45, 7) is 6.54. The number of hydrogen-bond donors (Lipinski definition) is 0. The highest BCUT2D eigenvalue weighted by Gasteiger charge is 2.26. The van der Waals surface area contributed by atoms with Gasteiger partial charge in [-0.15, -0.1) is 0 Å². The summed E-state index contributed by atoms with van der Waals surface area (Å²) in [7, 11) is 0. The Morgan fingerprint density at radius 3 is 2.73 bits per heavy atom. The third kappa shape index (κ3) is 2.19. The van der Waals surface area contributed by atoms with E-state index in [9.17, 15) is 0 Å². The van der Waals surface area contributed by atoms with Crippen LogP contribution in [0.1, 0.15) is 32.6 Å². The second kappa shape index (κ2) is 3.14. The molecule has 1 heteroatoms. The Hall–Kier alpha value is -0.0400. The highest BCUT2D eigenvalue weighted by molar-refractivity contribution is 4.79. The van der Waals surface area contributed by atoms with Gasteiger partial charge >= 0.3 is 0 Å². The summed E-state index contributed by atoms with van der Waals surface area (Å²) < 4.78 is 0. The monoisotopic (exact) mass is 153 g/mol. The Bertz CT molecular complexity index is 127. The molecular weight excluding hydrogens is 134 g/mol. The third-order valence-corrected chi connectivity index (χ3v) is 2.95. The van der Waals surface area contributed by atoms with Crippen molar-refractivity contribution in [3.8, 4) is 0 Å². The molecule has 0 amide bonds. The molecule has 0 bridgehead atoms. The fourth-order valence-electron chi connectivity index (χ4n) is 2.12. The number of piperidine rings is 1. The average molecular weight is 153 g/mol. The van der Waals surface area contributed by atoms with Crippen molar-refractivity contribution in [3.05, 3.63) is 0 Å². The standard InChI is InChI=1S/C10H19N/c1-9-3-2-6-11(7-9)8-10-4-5-10/h9-10H,2-8H2,1H3/t9-/m0/s1. The molecule has 64 valence electrons. The van der Waals surface area contributed by atoms with Crippen molar-refractivity contribution in [3.63, 3.8) is 0 Å². The smallest absolute Gasteiger partial charge is 0.000977 e. The van der Waals surface area contributed by atoms with Gasteiger partial charge in [0.15, 0.2) is 0 Å². The van der Waals surface area contributed by atoms with Gasteiger partial charge in [0.2, 0.25) is 0 Å². The molecule has 1 heterocycles. The summed E-state index contributed by atoms with van der Waals surface area (Å²) in [4.78, 5) is 2.67. The summed E-state index contributed by atoms with van der Waals surface area (Å²) >= 11 is 0. The van der Waals surface area contributed by atoms with Crippen LogP contribution in [0.15, 0.2) is 0 Å². The maximum atomic E-state index is 2.67. The van der Waals surface area contributed by atoms with Crippen LogP contribution in [0.4, 0.5) is 0 Å². The lowest BCUT2D eigenvalue weighted by Gasteiger charge is -2.30. The van der Waals surface area contributed by atoms with Gasteiger partial charge in [0.25, 0.3) is 0 Å². The van der Waals surface area contributed by atoms with Crippen molar-refractivity contribution >= 4 is 0 Å². The van der Waals surface area contributed by atoms with E-state index in [1.165, 1.54) is 45.3 Å². The molecule has 11 heavy (non-hydrogen) atoms. The topological polar surface area (TPSA) is 3.24 Å². The molecule has 2 rings (SSSR count). The number of likely N-dealkylation sites (tertiary alicyclic amines) is 1. The minimum absolute atomic E-state index is 0.961. The second-order valence-electron chi connectivity index (χ2n) is 4.45. The Labute approximate surface area is 69.8 Å². The van der Waals surface area contributed by atoms with Gasteiger partial charge in [0, 0.05) is 13.1 Å². The van der Waals surface area contributed by atoms with Crippen LogP contribution in [0.3, 0.4) is 0 Å². The SMILES string of the molecule is C[C@H]1CCCN(CC2CC2)C1. The zero-order valence-electron chi connectivity index (χ0n) is 7.55. The van der Waals surface area contributed by atoms with Crippen LogP contribution >= 0.6 is 0 Å². The van der Waals surface area contributed by atoms with Gasteiger partial charge in [-0.05, 0) is 44.1 Å². The van der Waals surface area contributed by atoms with Gasteiger partial charge < -0.3 is 4.90 Å². The summed E-state index contributed by atoms with van der Waals surface area (Å²) in [6, 6.07) is 0. The minimum Gasteiger partial charge on any atom is -0.303 e. The van der Waals surface area contributed by atoms with Gasteiger partial charge in [-0.2, -0.15) is 0 Å². The fourth-order valence-corrected chi connectivity index (χ4v) is 2.12. The zero-order chi connectivity index (χ0) is 7.68. The summed E-state index contributed by atoms with van der Waals surface area (Å²) in [5, 5.41) is 0. The molecule has 0 aromatic carbocycles. The zero-order valence-corrected chi connectivity index (χ0v) is 7.55. The molecular formula is C10H19N. The largest absolute Gasteiger partial charge is 0.303 e. The molecule has 1 aliphatic carbocycles. The predicted molar refractivity (Wildman–Crippen MR) is 47.6 cm³/mol. The quantitative estimate of drug-likeness (QED) is 0.587. The molecule has 1 nitrogen and oxygen atoms in total. The molecule has 0 aromatic heterocycles. The molecule has 2 aliphatic rings. The van der Waals surface area contributed by atoms with Crippen molar-refractivity contribution in [1.82, 2.24) is 4.90 Å². The normalized spacial score (nSPS) is 34.1. The molecule has 1 atom stereocenters. The van der Waals surface area contributed by atoms with Gasteiger partial charge in [-0.3, -0.25) is 0 Å². The molecule has 0 unspecified atom stereocenters. The lowest BCUT2D eigenvalue weighted by molar-refractivity contribution is 0.177. The average Bonchev–Trinajstić information content (AvgIpc) is 2.71. The van der Waals surface area contributed by atoms with Crippen molar-refractivity contribution < 1.29 is 0 Å². The molecule has 2 fully saturated rings. The highest BCUT2D eigenvalue weighted by atomic mass is 15.1. The molecule has 0 radical (unpaired) electrons. The maximum Gasteiger partial charge on any atom is 0.000977 e. The first-order chi connectivity index (χ1) is 5.34. The molecule has 1 aliphatic heterocycles. The van der Waals surface area contributed by atoms with E-state index in [-0.39, 0.29) is 0 Å². The van der Waals surface area contributed by atoms with Crippen molar-refractivity contribution in [2.24, 2.45) is 11.8 Å². The van der Waals surface area contributed by atoms with E-state index in [1.54, 1.807) is 0 Å². The first kappa shape index (κ1) is 7.60. The van der Waals surface area contributed by atoms with E-state index in [0.29, 0.717) is 0 Å². The maximum absolute atomic E-state index is 2.67. The third-order valence-electron chi connectivity index (χ3n) is 2.95. The van der Waals surface area contributed by atoms with Crippen molar-refractivity contribution in [2.45, 2.75) is 32.6 Å². The molecule has 1 saturated heterocycles. The van der Waals surface area contributed by atoms with Crippen LogP contribution in [0, 0.1) is 11.8 Å². The highest BCUT2D eigenvalue weighted by Crippen LogP contribution is 2.31. The Kier molecular flexibility index (Phi) is 2.17. The molecule has 0 aromatic rings. The summed E-state index contributed by atoms with van der Waals surface area (Å²) in [6.07, 6.45) is 5.91. The Morgan fingerprint density at radius 2 is 2.09 bits per heavy atom. The first-order valence-corrected chi connectivity index (χ1v) is 5.07. The van der Waals surface area contributed by atoms with Crippen LogP contribution in [0.5, 0.6) is 0 Å². The molecule has 1 saturated carbocycles. The predicted octanol–water partition coefficient (Wildman–Crippen LogP) is 2.13. The number of rotatable bonds is 2. The second-order valence-corrected chi connectivity index (χ2v) is 4.45. The van der Waals surface area contributed by atoms with Gasteiger partial charge in [-0.1, -0.05) is 6.92 Å². The lowest BCUT2D eigenvalue weighted by Crippen LogP contribution is -2.35. The van der Waals surface area contributed by atoms with Crippen LogP contribution < -0.4 is 0 Å². The van der Waals surface area contributed by atoms with Gasteiger partial charge in [0.05, 0.1) is 0 Å². The van der Waals surface area contributed by atoms with Crippen LogP contribution in [0.2, 0.25) is 0 Å².